The monoisotopic (exact) mass is 549 g/mol. The van der Waals surface area contributed by atoms with Gasteiger partial charge in [0.15, 0.2) is 11.5 Å². The maximum absolute atomic E-state index is 14.1. The number of anilines is 1. The van der Waals surface area contributed by atoms with Crippen LogP contribution < -0.4 is 19.5 Å². The molecule has 10 nitrogen and oxygen atoms in total. The highest BCUT2D eigenvalue weighted by molar-refractivity contribution is 5.98. The zero-order valence-corrected chi connectivity index (χ0v) is 22.3. The van der Waals surface area contributed by atoms with Gasteiger partial charge in [-0.3, -0.25) is 9.59 Å². The van der Waals surface area contributed by atoms with Crippen molar-refractivity contribution in [2.75, 3.05) is 19.2 Å². The standard InChI is InChI=1S/C31H27N5O5/c1-39-24-14-12-23(13-15-24)32-31(38)30(22-11-16-27-28(17-22)41-20-40-27)35(18-21-7-3-2-4-8-21)29(37)19-36-26-10-6-5-9-25(26)33-34-36/h2-17,30H,18-20H2,1H3,(H,32,38)/t30-/m1/s1. The molecule has 1 aliphatic heterocycles. The molecule has 0 spiro atoms. The molecule has 10 heteroatoms. The van der Waals surface area contributed by atoms with Crippen LogP contribution in [0.25, 0.3) is 11.0 Å². The van der Waals surface area contributed by atoms with Crippen molar-refractivity contribution in [3.05, 3.63) is 108 Å². The van der Waals surface area contributed by atoms with Gasteiger partial charge in [0.25, 0.3) is 5.91 Å². The second kappa shape index (κ2) is 11.4. The maximum Gasteiger partial charge on any atom is 0.251 e. The van der Waals surface area contributed by atoms with Crippen LogP contribution in [0.3, 0.4) is 0 Å². The molecule has 0 saturated carbocycles. The average molecular weight is 550 g/mol. The fourth-order valence-electron chi connectivity index (χ4n) is 4.80. The van der Waals surface area contributed by atoms with Gasteiger partial charge in [0.05, 0.1) is 12.6 Å². The molecule has 1 N–H and O–H groups in total. The lowest BCUT2D eigenvalue weighted by molar-refractivity contribution is -0.140. The molecule has 5 aromatic rings. The lowest BCUT2D eigenvalue weighted by Crippen LogP contribution is -2.42. The molecule has 2 amide bonds. The molecule has 0 bridgehead atoms. The molecule has 0 fully saturated rings. The van der Waals surface area contributed by atoms with Gasteiger partial charge in [0, 0.05) is 12.2 Å². The van der Waals surface area contributed by atoms with Gasteiger partial charge in [-0.15, -0.1) is 5.10 Å². The first-order valence-corrected chi connectivity index (χ1v) is 13.0. The highest BCUT2D eigenvalue weighted by Crippen LogP contribution is 2.36. The Morgan fingerprint density at radius 3 is 2.51 bits per heavy atom. The van der Waals surface area contributed by atoms with Crippen LogP contribution in [0.1, 0.15) is 17.2 Å². The zero-order chi connectivity index (χ0) is 28.2. The first-order valence-electron chi connectivity index (χ1n) is 13.0. The summed E-state index contributed by atoms with van der Waals surface area (Å²) >= 11 is 0. The van der Waals surface area contributed by atoms with Crippen molar-refractivity contribution in [1.82, 2.24) is 19.9 Å². The number of benzene rings is 4. The summed E-state index contributed by atoms with van der Waals surface area (Å²) in [6, 6.07) is 28.3. The summed E-state index contributed by atoms with van der Waals surface area (Å²) in [4.78, 5) is 29.8. The van der Waals surface area contributed by atoms with E-state index in [1.54, 1.807) is 59.2 Å². The van der Waals surface area contributed by atoms with Gasteiger partial charge in [0.2, 0.25) is 12.7 Å². The Morgan fingerprint density at radius 1 is 0.951 bits per heavy atom. The molecule has 0 aliphatic carbocycles. The lowest BCUT2D eigenvalue weighted by Gasteiger charge is -2.32. The van der Waals surface area contributed by atoms with E-state index in [0.29, 0.717) is 34.0 Å². The van der Waals surface area contributed by atoms with Crippen molar-refractivity contribution < 1.29 is 23.8 Å². The summed E-state index contributed by atoms with van der Waals surface area (Å²) < 4.78 is 17.9. The van der Waals surface area contributed by atoms with Crippen LogP contribution in [-0.4, -0.2) is 45.6 Å². The zero-order valence-electron chi connectivity index (χ0n) is 22.3. The number of hydrogen-bond donors (Lipinski definition) is 1. The summed E-state index contributed by atoms with van der Waals surface area (Å²) in [7, 11) is 1.58. The van der Waals surface area contributed by atoms with Crippen molar-refractivity contribution >= 4 is 28.5 Å². The number of methoxy groups -OCH3 is 1. The van der Waals surface area contributed by atoms with Gasteiger partial charge in [-0.25, -0.2) is 4.68 Å². The minimum absolute atomic E-state index is 0.0908. The minimum Gasteiger partial charge on any atom is -0.497 e. The van der Waals surface area contributed by atoms with Crippen LogP contribution in [0.4, 0.5) is 5.69 Å². The number of nitrogens with zero attached hydrogens (tertiary/aromatic N) is 4. The van der Waals surface area contributed by atoms with E-state index in [9.17, 15) is 9.59 Å². The van der Waals surface area contributed by atoms with E-state index in [1.807, 2.05) is 54.6 Å². The first-order chi connectivity index (χ1) is 20.1. The van der Waals surface area contributed by atoms with Gasteiger partial charge in [-0.1, -0.05) is 53.7 Å². The quantitative estimate of drug-likeness (QED) is 0.287. The lowest BCUT2D eigenvalue weighted by atomic mass is 10.0. The van der Waals surface area contributed by atoms with Crippen LogP contribution >= 0.6 is 0 Å². The van der Waals surface area contributed by atoms with Crippen molar-refractivity contribution in [1.29, 1.82) is 0 Å². The van der Waals surface area contributed by atoms with E-state index in [4.69, 9.17) is 14.2 Å². The van der Waals surface area contributed by atoms with Crippen LogP contribution in [0.5, 0.6) is 17.2 Å². The van der Waals surface area contributed by atoms with E-state index < -0.39 is 6.04 Å². The van der Waals surface area contributed by atoms with Crippen LogP contribution in [0, 0.1) is 0 Å². The van der Waals surface area contributed by atoms with Crippen molar-refractivity contribution in [2.45, 2.75) is 19.1 Å². The molecular formula is C31H27N5O5. The molecular weight excluding hydrogens is 522 g/mol. The Bertz CT molecular complexity index is 1690. The number of carbonyl (C=O) groups excluding carboxylic acids is 2. The molecule has 0 unspecified atom stereocenters. The van der Waals surface area contributed by atoms with Gasteiger partial charge < -0.3 is 24.4 Å². The minimum atomic E-state index is -1.01. The number of para-hydroxylation sites is 1. The summed E-state index contributed by atoms with van der Waals surface area (Å²) in [5.74, 6) is 1.06. The Balaban J connectivity index is 1.40. The molecule has 1 aromatic heterocycles. The summed E-state index contributed by atoms with van der Waals surface area (Å²) in [5, 5.41) is 11.4. The topological polar surface area (TPSA) is 108 Å². The first kappa shape index (κ1) is 25.9. The molecule has 1 aliphatic rings. The fraction of sp³-hybridized carbons (Fsp3) is 0.161. The van der Waals surface area contributed by atoms with E-state index in [1.165, 1.54) is 0 Å². The number of nitrogens with one attached hydrogen (secondary N) is 1. The van der Waals surface area contributed by atoms with Crippen LogP contribution in [0.2, 0.25) is 0 Å². The average Bonchev–Trinajstić information content (AvgIpc) is 3.64. The summed E-state index contributed by atoms with van der Waals surface area (Å²) in [5.41, 5.74) is 3.42. The van der Waals surface area contributed by atoms with Crippen LogP contribution in [0.15, 0.2) is 97.1 Å². The summed E-state index contributed by atoms with van der Waals surface area (Å²) in [6.07, 6.45) is 0. The van der Waals surface area contributed by atoms with E-state index >= 15 is 0 Å². The highest BCUT2D eigenvalue weighted by atomic mass is 16.7. The number of hydrogen-bond acceptors (Lipinski definition) is 7. The molecule has 6 rings (SSSR count). The molecule has 2 heterocycles. The van der Waals surface area contributed by atoms with Crippen molar-refractivity contribution in [3.63, 3.8) is 0 Å². The Labute approximate surface area is 236 Å². The van der Waals surface area contributed by atoms with Gasteiger partial charge >= 0.3 is 0 Å². The number of aromatic nitrogens is 3. The molecule has 4 aromatic carbocycles. The molecule has 0 saturated heterocycles. The van der Waals surface area contributed by atoms with Gasteiger partial charge in [0.1, 0.15) is 23.9 Å². The molecule has 1 atom stereocenters. The second-order valence-corrected chi connectivity index (χ2v) is 9.48. The molecule has 206 valence electrons. The second-order valence-electron chi connectivity index (χ2n) is 9.48. The maximum atomic E-state index is 14.1. The van der Waals surface area contributed by atoms with Crippen LogP contribution in [-0.2, 0) is 22.7 Å². The van der Waals surface area contributed by atoms with Gasteiger partial charge in [-0.05, 0) is 59.7 Å². The number of ether oxygens (including phenoxy) is 3. The van der Waals surface area contributed by atoms with E-state index in [0.717, 1.165) is 11.1 Å². The highest BCUT2D eigenvalue weighted by Gasteiger charge is 2.33. The predicted octanol–water partition coefficient (Wildman–Crippen LogP) is 4.58. The Hall–Kier alpha value is -5.38. The predicted molar refractivity (Wildman–Crippen MR) is 151 cm³/mol. The van der Waals surface area contributed by atoms with E-state index in [-0.39, 0.29) is 31.7 Å². The Morgan fingerprint density at radius 2 is 1.71 bits per heavy atom. The number of carbonyl (C=O) groups is 2. The smallest absolute Gasteiger partial charge is 0.251 e. The largest absolute Gasteiger partial charge is 0.497 e. The number of rotatable bonds is 9. The van der Waals surface area contributed by atoms with Crippen molar-refractivity contribution in [3.8, 4) is 17.2 Å². The third-order valence-electron chi connectivity index (χ3n) is 6.85. The Kier molecular flexibility index (Phi) is 7.19. The fourth-order valence-corrected chi connectivity index (χ4v) is 4.80. The van der Waals surface area contributed by atoms with Crippen molar-refractivity contribution in [2.24, 2.45) is 0 Å². The SMILES string of the molecule is COc1ccc(NC(=O)[C@@H](c2ccc3c(c2)OCO3)N(Cc2ccccc2)C(=O)Cn2nnc3ccccc32)cc1. The third kappa shape index (κ3) is 5.53. The number of fused-ring (bicyclic) bond motifs is 2. The molecule has 41 heavy (non-hydrogen) atoms. The van der Waals surface area contributed by atoms with E-state index in [2.05, 4.69) is 15.6 Å². The number of amides is 2. The molecule has 0 radical (unpaired) electrons. The van der Waals surface area contributed by atoms with Gasteiger partial charge in [-0.2, -0.15) is 0 Å². The third-order valence-corrected chi connectivity index (χ3v) is 6.85. The summed E-state index contributed by atoms with van der Waals surface area (Å²) in [6.45, 7) is 0.166. The normalized spacial score (nSPS) is 12.6.